The highest BCUT2D eigenvalue weighted by atomic mass is 16.5. The van der Waals surface area contributed by atoms with Crippen LogP contribution >= 0.6 is 0 Å². The number of ether oxygens (including phenoxy) is 1. The van der Waals surface area contributed by atoms with Crippen LogP contribution < -0.4 is 10.1 Å². The zero-order valence-corrected chi connectivity index (χ0v) is 13.5. The van der Waals surface area contributed by atoms with Crippen LogP contribution in [-0.2, 0) is 0 Å². The fourth-order valence-corrected chi connectivity index (χ4v) is 2.15. The minimum atomic E-state index is 0.588. The van der Waals surface area contributed by atoms with Crippen LogP contribution in [0.5, 0.6) is 5.75 Å². The van der Waals surface area contributed by atoms with Crippen LogP contribution in [0.25, 0.3) is 0 Å². The Morgan fingerprint density at radius 1 is 0.950 bits per heavy atom. The average molecular weight is 277 g/mol. The van der Waals surface area contributed by atoms with Crippen LogP contribution in [0.15, 0.2) is 24.3 Å². The van der Waals surface area contributed by atoms with Crippen molar-refractivity contribution < 1.29 is 4.74 Å². The van der Waals surface area contributed by atoms with Crippen molar-refractivity contribution in [2.45, 2.75) is 58.8 Å². The average Bonchev–Trinajstić information content (AvgIpc) is 2.46. The van der Waals surface area contributed by atoms with Crippen LogP contribution in [0.1, 0.15) is 64.4 Å². The number of nitrogens with one attached hydrogen (secondary N) is 1. The summed E-state index contributed by atoms with van der Waals surface area (Å²) in [6, 6.07) is 8.51. The summed E-state index contributed by atoms with van der Waals surface area (Å²) in [5.41, 5.74) is 1.37. The summed E-state index contributed by atoms with van der Waals surface area (Å²) < 4.78 is 5.77. The van der Waals surface area contributed by atoms with E-state index in [-0.39, 0.29) is 0 Å². The van der Waals surface area contributed by atoms with Gasteiger partial charge in [0.25, 0.3) is 0 Å². The lowest BCUT2D eigenvalue weighted by atomic mass is 10.0. The predicted molar refractivity (Wildman–Crippen MR) is 87.7 cm³/mol. The highest BCUT2D eigenvalue weighted by Crippen LogP contribution is 2.18. The molecule has 0 spiro atoms. The van der Waals surface area contributed by atoms with Crippen molar-refractivity contribution >= 4 is 0 Å². The molecule has 20 heavy (non-hydrogen) atoms. The second-order valence-corrected chi connectivity index (χ2v) is 5.74. The van der Waals surface area contributed by atoms with E-state index in [0.717, 1.165) is 31.9 Å². The molecule has 0 fully saturated rings. The van der Waals surface area contributed by atoms with Crippen LogP contribution in [0.3, 0.4) is 0 Å². The first-order valence-electron chi connectivity index (χ1n) is 8.17. The molecule has 1 rings (SSSR count). The van der Waals surface area contributed by atoms with Crippen molar-refractivity contribution in [1.82, 2.24) is 5.32 Å². The highest BCUT2D eigenvalue weighted by molar-refractivity contribution is 5.28. The third-order valence-electron chi connectivity index (χ3n) is 3.49. The Morgan fingerprint density at radius 3 is 2.30 bits per heavy atom. The van der Waals surface area contributed by atoms with Gasteiger partial charge in [-0.25, -0.2) is 0 Å². The minimum Gasteiger partial charge on any atom is -0.494 e. The van der Waals surface area contributed by atoms with Gasteiger partial charge < -0.3 is 10.1 Å². The van der Waals surface area contributed by atoms with Crippen LogP contribution in [-0.4, -0.2) is 19.7 Å². The molecule has 0 aliphatic rings. The molecule has 1 N–H and O–H groups in total. The Labute approximate surface area is 124 Å². The van der Waals surface area contributed by atoms with E-state index in [0.29, 0.717) is 5.92 Å². The first kappa shape index (κ1) is 17.0. The van der Waals surface area contributed by atoms with Gasteiger partial charge in [-0.1, -0.05) is 45.7 Å². The number of hydrogen-bond acceptors (Lipinski definition) is 2. The summed E-state index contributed by atoms with van der Waals surface area (Å²) in [6.45, 7) is 9.78. The molecule has 0 saturated heterocycles. The number of rotatable bonds is 11. The number of unbranched alkanes of at least 4 members (excludes halogenated alkanes) is 3. The normalized spacial score (nSPS) is 11.0. The predicted octanol–water partition coefficient (Wildman–Crippen LogP) is 4.75. The van der Waals surface area contributed by atoms with E-state index >= 15 is 0 Å². The second-order valence-electron chi connectivity index (χ2n) is 5.74. The maximum Gasteiger partial charge on any atom is 0.119 e. The Bertz CT molecular complexity index is 332. The maximum atomic E-state index is 5.77. The standard InChI is InChI=1S/C18H31NO/c1-4-13-19-14-7-5-6-8-15-20-18-11-9-17(10-12-18)16(2)3/h9-12,16,19H,4-8,13-15H2,1-3H3. The van der Waals surface area contributed by atoms with Gasteiger partial charge in [-0.05, 0) is 56.0 Å². The molecule has 1 aromatic carbocycles. The largest absolute Gasteiger partial charge is 0.494 e. The second kappa shape index (κ2) is 10.7. The number of benzene rings is 1. The lowest BCUT2D eigenvalue weighted by Gasteiger charge is -2.09. The van der Waals surface area contributed by atoms with Crippen LogP contribution in [0, 0.1) is 0 Å². The summed E-state index contributed by atoms with van der Waals surface area (Å²) >= 11 is 0. The fourth-order valence-electron chi connectivity index (χ4n) is 2.15. The first-order chi connectivity index (χ1) is 9.74. The summed E-state index contributed by atoms with van der Waals surface area (Å²) in [4.78, 5) is 0. The Balaban J connectivity index is 2.01. The maximum absolute atomic E-state index is 5.77. The molecule has 0 aromatic heterocycles. The molecule has 2 heteroatoms. The first-order valence-corrected chi connectivity index (χ1v) is 8.17. The van der Waals surface area contributed by atoms with Gasteiger partial charge >= 0.3 is 0 Å². The van der Waals surface area contributed by atoms with Gasteiger partial charge in [-0.15, -0.1) is 0 Å². The molecular weight excluding hydrogens is 246 g/mol. The molecule has 0 atom stereocenters. The molecule has 0 amide bonds. The van der Waals surface area contributed by atoms with Crippen molar-refractivity contribution in [3.63, 3.8) is 0 Å². The van der Waals surface area contributed by atoms with E-state index in [1.165, 1.54) is 31.2 Å². The summed E-state index contributed by atoms with van der Waals surface area (Å²) in [5, 5.41) is 3.43. The lowest BCUT2D eigenvalue weighted by molar-refractivity contribution is 0.304. The van der Waals surface area contributed by atoms with Gasteiger partial charge in [0.05, 0.1) is 6.61 Å². The van der Waals surface area contributed by atoms with Gasteiger partial charge in [0, 0.05) is 0 Å². The zero-order chi connectivity index (χ0) is 14.6. The van der Waals surface area contributed by atoms with E-state index < -0.39 is 0 Å². The SMILES string of the molecule is CCCNCCCCCCOc1ccc(C(C)C)cc1. The van der Waals surface area contributed by atoms with E-state index in [9.17, 15) is 0 Å². The fraction of sp³-hybridized carbons (Fsp3) is 0.667. The van der Waals surface area contributed by atoms with E-state index in [4.69, 9.17) is 4.74 Å². The molecule has 114 valence electrons. The molecule has 0 saturated carbocycles. The minimum absolute atomic E-state index is 0.588. The van der Waals surface area contributed by atoms with Gasteiger partial charge in [0.2, 0.25) is 0 Å². The molecule has 0 unspecified atom stereocenters. The molecule has 0 bridgehead atoms. The lowest BCUT2D eigenvalue weighted by Crippen LogP contribution is -2.15. The molecule has 1 aromatic rings. The van der Waals surface area contributed by atoms with E-state index in [1.54, 1.807) is 0 Å². The van der Waals surface area contributed by atoms with Gasteiger partial charge in [-0.3, -0.25) is 0 Å². The van der Waals surface area contributed by atoms with Gasteiger partial charge in [-0.2, -0.15) is 0 Å². The number of hydrogen-bond donors (Lipinski definition) is 1. The van der Waals surface area contributed by atoms with Crippen molar-refractivity contribution in [2.24, 2.45) is 0 Å². The monoisotopic (exact) mass is 277 g/mol. The third-order valence-corrected chi connectivity index (χ3v) is 3.49. The molecule has 0 heterocycles. The Hall–Kier alpha value is -1.02. The quantitative estimate of drug-likeness (QED) is 0.589. The molecule has 0 radical (unpaired) electrons. The summed E-state index contributed by atoms with van der Waals surface area (Å²) in [6.07, 6.45) is 6.22. The third kappa shape index (κ3) is 7.54. The van der Waals surface area contributed by atoms with Crippen LogP contribution in [0.4, 0.5) is 0 Å². The molecule has 0 aliphatic heterocycles. The molecule has 0 aliphatic carbocycles. The van der Waals surface area contributed by atoms with Crippen LogP contribution in [0.2, 0.25) is 0 Å². The molecular formula is C18H31NO. The molecule has 2 nitrogen and oxygen atoms in total. The topological polar surface area (TPSA) is 21.3 Å². The van der Waals surface area contributed by atoms with Crippen molar-refractivity contribution in [1.29, 1.82) is 0 Å². The smallest absolute Gasteiger partial charge is 0.119 e. The van der Waals surface area contributed by atoms with E-state index in [2.05, 4.69) is 50.4 Å². The zero-order valence-electron chi connectivity index (χ0n) is 13.5. The van der Waals surface area contributed by atoms with Gasteiger partial charge in [0.15, 0.2) is 0 Å². The summed E-state index contributed by atoms with van der Waals surface area (Å²) in [7, 11) is 0. The van der Waals surface area contributed by atoms with Crippen molar-refractivity contribution in [2.75, 3.05) is 19.7 Å². The Morgan fingerprint density at radius 2 is 1.65 bits per heavy atom. The van der Waals surface area contributed by atoms with E-state index in [1.807, 2.05) is 0 Å². The van der Waals surface area contributed by atoms with Crippen molar-refractivity contribution in [3.8, 4) is 5.75 Å². The summed E-state index contributed by atoms with van der Waals surface area (Å²) in [5.74, 6) is 1.59. The van der Waals surface area contributed by atoms with Crippen molar-refractivity contribution in [3.05, 3.63) is 29.8 Å². The van der Waals surface area contributed by atoms with Gasteiger partial charge in [0.1, 0.15) is 5.75 Å². The highest BCUT2D eigenvalue weighted by Gasteiger charge is 1.99. The Kier molecular flexibility index (Phi) is 9.14.